The lowest BCUT2D eigenvalue weighted by Gasteiger charge is -2.13. The number of benzene rings is 1. The fourth-order valence-electron chi connectivity index (χ4n) is 3.43. The van der Waals surface area contributed by atoms with E-state index in [0.717, 1.165) is 0 Å². The first kappa shape index (κ1) is 17.9. The zero-order valence-corrected chi connectivity index (χ0v) is 15.3. The third-order valence-electron chi connectivity index (χ3n) is 4.75. The molecule has 4 aromatic rings. The lowest BCUT2D eigenvalue weighted by Crippen LogP contribution is -2.24. The Morgan fingerprint density at radius 2 is 2.00 bits per heavy atom. The Morgan fingerprint density at radius 3 is 2.82 bits per heavy atom. The average molecular weight is 379 g/mol. The van der Waals surface area contributed by atoms with Crippen LogP contribution >= 0.6 is 0 Å². The Bertz CT molecular complexity index is 1240. The molecule has 0 bridgehead atoms. The molecule has 7 heteroatoms. The molecule has 28 heavy (non-hydrogen) atoms. The van der Waals surface area contributed by atoms with Gasteiger partial charge in [0.05, 0.1) is 18.1 Å². The van der Waals surface area contributed by atoms with Crippen LogP contribution in [0.25, 0.3) is 16.6 Å². The van der Waals surface area contributed by atoms with Crippen LogP contribution in [0.15, 0.2) is 59.7 Å². The van der Waals surface area contributed by atoms with E-state index in [1.807, 2.05) is 0 Å². The van der Waals surface area contributed by atoms with Crippen LogP contribution in [0.5, 0.6) is 5.88 Å². The van der Waals surface area contributed by atoms with Crippen LogP contribution in [0, 0.1) is 5.82 Å². The highest BCUT2D eigenvalue weighted by Gasteiger charge is 2.14. The number of hydrogen-bond acceptors (Lipinski definition) is 4. The topological polar surface area (TPSA) is 65.6 Å². The van der Waals surface area contributed by atoms with Gasteiger partial charge in [0.2, 0.25) is 5.88 Å². The van der Waals surface area contributed by atoms with Gasteiger partial charge in [-0.05, 0) is 36.4 Å². The number of carbonyl (C=O) groups excluding carboxylic acids is 1. The zero-order chi connectivity index (χ0) is 19.7. The minimum atomic E-state index is -0.432. The Hall–Kier alpha value is -3.48. The molecule has 0 aliphatic rings. The van der Waals surface area contributed by atoms with Crippen molar-refractivity contribution in [1.29, 1.82) is 0 Å². The van der Waals surface area contributed by atoms with Crippen molar-refractivity contribution in [3.63, 3.8) is 0 Å². The van der Waals surface area contributed by atoms with Crippen molar-refractivity contribution in [2.45, 2.75) is 19.4 Å². The monoisotopic (exact) mass is 379 g/mol. The number of rotatable bonds is 6. The first-order chi connectivity index (χ1) is 13.6. The van der Waals surface area contributed by atoms with Crippen LogP contribution in [0.4, 0.5) is 4.39 Å². The maximum Gasteiger partial charge on any atom is 0.275 e. The number of aromatic nitrogens is 3. The summed E-state index contributed by atoms with van der Waals surface area (Å²) in [7, 11) is 1.50. The highest BCUT2D eigenvalue weighted by molar-refractivity contribution is 5.82. The van der Waals surface area contributed by atoms with Gasteiger partial charge in [-0.3, -0.25) is 9.59 Å². The van der Waals surface area contributed by atoms with Crippen LogP contribution in [0.3, 0.4) is 0 Å². The van der Waals surface area contributed by atoms with Crippen molar-refractivity contribution in [2.24, 2.45) is 0 Å². The van der Waals surface area contributed by atoms with E-state index in [9.17, 15) is 14.0 Å². The molecule has 0 fully saturated rings. The quantitative estimate of drug-likeness (QED) is 0.517. The molecule has 0 spiro atoms. The number of carbonyl (C=O) groups is 1. The number of nitrogens with zero attached hydrogens (tertiary/aromatic N) is 3. The predicted molar refractivity (Wildman–Crippen MR) is 103 cm³/mol. The van der Waals surface area contributed by atoms with Gasteiger partial charge in [-0.1, -0.05) is 6.07 Å². The number of halogens is 1. The SMILES string of the molecule is COc1ncccc1CC(=O)CCn1c(=O)c2cccn2c2ccc(F)cc21. The third kappa shape index (κ3) is 3.15. The smallest absolute Gasteiger partial charge is 0.275 e. The highest BCUT2D eigenvalue weighted by atomic mass is 19.1. The largest absolute Gasteiger partial charge is 0.481 e. The molecule has 0 atom stereocenters. The second kappa shape index (κ2) is 7.26. The van der Waals surface area contributed by atoms with Crippen LogP contribution in [-0.4, -0.2) is 26.8 Å². The summed E-state index contributed by atoms with van der Waals surface area (Å²) >= 11 is 0. The molecule has 0 radical (unpaired) electrons. The molecule has 0 amide bonds. The Kier molecular flexibility index (Phi) is 4.65. The van der Waals surface area contributed by atoms with E-state index in [1.165, 1.54) is 23.8 Å². The van der Waals surface area contributed by atoms with Gasteiger partial charge < -0.3 is 13.7 Å². The van der Waals surface area contributed by atoms with Crippen molar-refractivity contribution in [2.75, 3.05) is 7.11 Å². The summed E-state index contributed by atoms with van der Waals surface area (Å²) in [6.07, 6.45) is 3.66. The molecule has 0 saturated carbocycles. The van der Waals surface area contributed by atoms with Crippen molar-refractivity contribution < 1.29 is 13.9 Å². The Balaban J connectivity index is 1.65. The lowest BCUT2D eigenvalue weighted by molar-refractivity contribution is -0.118. The van der Waals surface area contributed by atoms with E-state index in [1.54, 1.807) is 47.1 Å². The minimum Gasteiger partial charge on any atom is -0.481 e. The lowest BCUT2D eigenvalue weighted by atomic mass is 10.1. The third-order valence-corrected chi connectivity index (χ3v) is 4.75. The van der Waals surface area contributed by atoms with E-state index >= 15 is 0 Å². The van der Waals surface area contributed by atoms with Crippen molar-refractivity contribution in [3.8, 4) is 5.88 Å². The van der Waals surface area contributed by atoms with Crippen LogP contribution in [-0.2, 0) is 17.8 Å². The standard InChI is InChI=1S/C21H18FN3O3/c1-28-20-14(4-2-9-23-20)12-16(26)8-11-25-19-13-15(22)6-7-17(19)24-10-3-5-18(24)21(25)27/h2-7,9-10,13H,8,11-12H2,1H3. The molecule has 0 aliphatic heterocycles. The number of aryl methyl sites for hydroxylation is 1. The number of ketones is 1. The Labute approximate surface area is 159 Å². The Morgan fingerprint density at radius 1 is 1.14 bits per heavy atom. The summed E-state index contributed by atoms with van der Waals surface area (Å²) in [5, 5.41) is 0. The number of fused-ring (bicyclic) bond motifs is 3. The summed E-state index contributed by atoms with van der Waals surface area (Å²) < 4.78 is 22.2. The summed E-state index contributed by atoms with van der Waals surface area (Å²) in [5.41, 5.74) is 2.10. The number of ether oxygens (including phenoxy) is 1. The first-order valence-corrected chi connectivity index (χ1v) is 8.87. The van der Waals surface area contributed by atoms with Gasteiger partial charge in [-0.25, -0.2) is 9.37 Å². The van der Waals surface area contributed by atoms with Crippen LogP contribution < -0.4 is 10.3 Å². The zero-order valence-electron chi connectivity index (χ0n) is 15.3. The molecule has 1 aromatic carbocycles. The van der Waals surface area contributed by atoms with E-state index in [-0.39, 0.29) is 30.7 Å². The van der Waals surface area contributed by atoms with Gasteiger partial charge in [-0.2, -0.15) is 0 Å². The maximum atomic E-state index is 13.8. The molecule has 0 N–H and O–H groups in total. The predicted octanol–water partition coefficient (Wildman–Crippen LogP) is 3.00. The molecule has 3 aromatic heterocycles. The molecule has 3 heterocycles. The number of hydrogen-bond donors (Lipinski definition) is 0. The number of pyridine rings is 1. The fraction of sp³-hybridized carbons (Fsp3) is 0.190. The molecular weight excluding hydrogens is 361 g/mol. The second-order valence-electron chi connectivity index (χ2n) is 6.49. The van der Waals surface area contributed by atoms with Gasteiger partial charge >= 0.3 is 0 Å². The maximum absolute atomic E-state index is 13.8. The van der Waals surface area contributed by atoms with E-state index in [2.05, 4.69) is 4.98 Å². The molecule has 0 saturated heterocycles. The average Bonchev–Trinajstić information content (AvgIpc) is 3.18. The highest BCUT2D eigenvalue weighted by Crippen LogP contribution is 2.18. The van der Waals surface area contributed by atoms with Gasteiger partial charge in [0, 0.05) is 37.3 Å². The normalized spacial score (nSPS) is 11.2. The summed E-state index contributed by atoms with van der Waals surface area (Å²) in [5.74, 6) is -0.0771. The second-order valence-corrected chi connectivity index (χ2v) is 6.49. The summed E-state index contributed by atoms with van der Waals surface area (Å²) in [6.45, 7) is 0.169. The van der Waals surface area contributed by atoms with Crippen molar-refractivity contribution >= 4 is 22.3 Å². The van der Waals surface area contributed by atoms with Gasteiger partial charge in [0.1, 0.15) is 17.1 Å². The van der Waals surface area contributed by atoms with Gasteiger partial charge in [-0.15, -0.1) is 0 Å². The molecule has 0 aliphatic carbocycles. The molecule has 0 unspecified atom stereocenters. The van der Waals surface area contributed by atoms with E-state index in [0.29, 0.717) is 28.0 Å². The molecule has 142 valence electrons. The fourth-order valence-corrected chi connectivity index (χ4v) is 3.43. The van der Waals surface area contributed by atoms with Gasteiger partial charge in [0.15, 0.2) is 0 Å². The van der Waals surface area contributed by atoms with Crippen molar-refractivity contribution in [3.05, 3.63) is 76.6 Å². The number of Topliss-reactive ketones (excluding diaryl/α,β-unsaturated/α-hetero) is 1. The molecule has 6 nitrogen and oxygen atoms in total. The molecular formula is C21H18FN3O3. The summed E-state index contributed by atoms with van der Waals surface area (Å²) in [4.78, 5) is 29.5. The van der Waals surface area contributed by atoms with Crippen LogP contribution in [0.2, 0.25) is 0 Å². The van der Waals surface area contributed by atoms with Gasteiger partial charge in [0.25, 0.3) is 5.56 Å². The van der Waals surface area contributed by atoms with Crippen LogP contribution in [0.1, 0.15) is 12.0 Å². The first-order valence-electron chi connectivity index (χ1n) is 8.87. The van der Waals surface area contributed by atoms with E-state index in [4.69, 9.17) is 4.74 Å². The molecule has 4 rings (SSSR count). The van der Waals surface area contributed by atoms with Crippen molar-refractivity contribution in [1.82, 2.24) is 14.0 Å². The minimum absolute atomic E-state index is 0.0574. The number of methoxy groups -OCH3 is 1. The van der Waals surface area contributed by atoms with E-state index < -0.39 is 5.82 Å². The summed E-state index contributed by atoms with van der Waals surface area (Å²) in [6, 6.07) is 11.3.